The average Bonchev–Trinajstić information content (AvgIpc) is 2.99. The van der Waals surface area contributed by atoms with E-state index in [1.54, 1.807) is 25.7 Å². The van der Waals surface area contributed by atoms with Crippen molar-refractivity contribution < 1.29 is 17.6 Å². The second-order valence-corrected chi connectivity index (χ2v) is 12.0. The third-order valence-electron chi connectivity index (χ3n) is 6.40. The Bertz CT molecular complexity index is 1160. The molecule has 1 spiro atoms. The SMILES string of the molecule is Cc1ccc2c(c1)C1(CCCCC1)CN2C(=O)c1cc(F)cc(S(=O)(=O)NC(C)(C)C)c1. The number of carbonyl (C=O) groups excluding carboxylic acids is 1. The number of aryl methyl sites for hydroxylation is 1. The summed E-state index contributed by atoms with van der Waals surface area (Å²) in [7, 11) is -3.97. The molecule has 1 aliphatic heterocycles. The minimum Gasteiger partial charge on any atom is -0.307 e. The van der Waals surface area contributed by atoms with Gasteiger partial charge in [-0.25, -0.2) is 17.5 Å². The van der Waals surface area contributed by atoms with Crippen molar-refractivity contribution in [1.29, 1.82) is 0 Å². The van der Waals surface area contributed by atoms with Gasteiger partial charge >= 0.3 is 0 Å². The number of sulfonamides is 1. The van der Waals surface area contributed by atoms with E-state index in [0.29, 0.717) is 6.54 Å². The summed E-state index contributed by atoms with van der Waals surface area (Å²) in [5, 5.41) is 0. The van der Waals surface area contributed by atoms with Crippen LogP contribution in [0.25, 0.3) is 0 Å². The standard InChI is InChI=1S/C25H31FN2O3S/c1-17-8-9-22-21(12-17)25(10-6-5-7-11-25)16-28(22)23(29)18-13-19(26)15-20(14-18)32(30,31)27-24(2,3)4/h8-9,12-15,27H,5-7,10-11,16H2,1-4H3. The van der Waals surface area contributed by atoms with Crippen molar-refractivity contribution in [1.82, 2.24) is 4.72 Å². The molecule has 1 heterocycles. The van der Waals surface area contributed by atoms with Crippen LogP contribution in [0.4, 0.5) is 10.1 Å². The molecule has 5 nitrogen and oxygen atoms in total. The number of hydrogen-bond donors (Lipinski definition) is 1. The van der Waals surface area contributed by atoms with Crippen molar-refractivity contribution >= 4 is 21.6 Å². The van der Waals surface area contributed by atoms with E-state index in [4.69, 9.17) is 0 Å². The molecule has 0 bridgehead atoms. The molecule has 172 valence electrons. The summed E-state index contributed by atoms with van der Waals surface area (Å²) in [4.78, 5) is 15.0. The van der Waals surface area contributed by atoms with Gasteiger partial charge in [-0.1, -0.05) is 37.0 Å². The third-order valence-corrected chi connectivity index (χ3v) is 8.14. The molecule has 4 rings (SSSR count). The van der Waals surface area contributed by atoms with Crippen LogP contribution >= 0.6 is 0 Å². The number of nitrogens with one attached hydrogen (secondary N) is 1. The molecule has 2 aromatic rings. The highest BCUT2D eigenvalue weighted by Gasteiger charge is 2.45. The number of amides is 1. The van der Waals surface area contributed by atoms with Crippen molar-refractivity contribution in [2.45, 2.75) is 75.6 Å². The summed E-state index contributed by atoms with van der Waals surface area (Å²) in [6, 6.07) is 9.47. The van der Waals surface area contributed by atoms with E-state index in [1.807, 2.05) is 19.1 Å². The second kappa shape index (κ2) is 7.96. The lowest BCUT2D eigenvalue weighted by Crippen LogP contribution is -2.40. The van der Waals surface area contributed by atoms with Gasteiger partial charge in [0, 0.05) is 28.7 Å². The van der Waals surface area contributed by atoms with Crippen LogP contribution in [-0.2, 0) is 15.4 Å². The zero-order valence-corrected chi connectivity index (χ0v) is 20.0. The van der Waals surface area contributed by atoms with Crippen LogP contribution in [0.5, 0.6) is 0 Å². The van der Waals surface area contributed by atoms with Gasteiger partial charge in [0.05, 0.1) is 4.90 Å². The molecule has 0 aromatic heterocycles. The Kier molecular flexibility index (Phi) is 5.70. The van der Waals surface area contributed by atoms with E-state index in [-0.39, 0.29) is 21.8 Å². The predicted molar refractivity (Wildman–Crippen MR) is 124 cm³/mol. The highest BCUT2D eigenvalue weighted by atomic mass is 32.2. The minimum absolute atomic E-state index is 0.0404. The van der Waals surface area contributed by atoms with Crippen LogP contribution in [0, 0.1) is 12.7 Å². The third kappa shape index (κ3) is 4.33. The number of fused-ring (bicyclic) bond motifs is 2. The van der Waals surface area contributed by atoms with Crippen molar-refractivity contribution in [2.24, 2.45) is 0 Å². The number of benzene rings is 2. The van der Waals surface area contributed by atoms with Crippen LogP contribution in [0.3, 0.4) is 0 Å². The molecule has 1 amide bonds. The first-order valence-electron chi connectivity index (χ1n) is 11.2. The van der Waals surface area contributed by atoms with Gasteiger partial charge in [-0.15, -0.1) is 0 Å². The Morgan fingerprint density at radius 1 is 1.06 bits per heavy atom. The number of hydrogen-bond acceptors (Lipinski definition) is 3. The van der Waals surface area contributed by atoms with Crippen LogP contribution < -0.4 is 9.62 Å². The van der Waals surface area contributed by atoms with Crippen LogP contribution in [0.1, 0.15) is 74.4 Å². The number of nitrogens with zero attached hydrogens (tertiary/aromatic N) is 1. The molecule has 32 heavy (non-hydrogen) atoms. The van der Waals surface area contributed by atoms with E-state index in [9.17, 15) is 17.6 Å². The summed E-state index contributed by atoms with van der Waals surface area (Å²) >= 11 is 0. The highest BCUT2D eigenvalue weighted by molar-refractivity contribution is 7.89. The summed E-state index contributed by atoms with van der Waals surface area (Å²) in [6.45, 7) is 7.73. The van der Waals surface area contributed by atoms with Crippen molar-refractivity contribution in [3.05, 3.63) is 58.9 Å². The quantitative estimate of drug-likeness (QED) is 0.698. The average molecular weight is 459 g/mol. The maximum Gasteiger partial charge on any atom is 0.258 e. The monoisotopic (exact) mass is 458 g/mol. The second-order valence-electron chi connectivity index (χ2n) is 10.3. The normalized spacial score (nSPS) is 18.1. The Labute approximate surface area is 190 Å². The molecule has 2 aliphatic rings. The Hall–Kier alpha value is -2.25. The number of halogens is 1. The van der Waals surface area contributed by atoms with Gasteiger partial charge in [-0.05, 0) is 70.4 Å². The molecule has 1 saturated carbocycles. The van der Waals surface area contributed by atoms with Gasteiger partial charge in [0.1, 0.15) is 5.82 Å². The molecule has 1 fully saturated rings. The lowest BCUT2D eigenvalue weighted by atomic mass is 9.70. The van der Waals surface area contributed by atoms with E-state index < -0.39 is 21.4 Å². The molecule has 1 N–H and O–H groups in total. The van der Waals surface area contributed by atoms with E-state index in [2.05, 4.69) is 10.8 Å². The summed E-state index contributed by atoms with van der Waals surface area (Å²) in [5.41, 5.74) is 2.42. The van der Waals surface area contributed by atoms with Crippen molar-refractivity contribution in [3.8, 4) is 0 Å². The molecular formula is C25H31FN2O3S. The molecule has 0 saturated heterocycles. The summed E-state index contributed by atoms with van der Waals surface area (Å²) in [6.07, 6.45) is 5.48. The fourth-order valence-corrected chi connectivity index (χ4v) is 6.55. The fraction of sp³-hybridized carbons (Fsp3) is 0.480. The Balaban J connectivity index is 1.74. The summed E-state index contributed by atoms with van der Waals surface area (Å²) in [5.74, 6) is -1.12. The number of carbonyl (C=O) groups is 1. The van der Waals surface area contributed by atoms with Crippen LogP contribution in [0.2, 0.25) is 0 Å². The molecule has 0 atom stereocenters. The van der Waals surface area contributed by atoms with Crippen LogP contribution in [-0.4, -0.2) is 26.4 Å². The maximum atomic E-state index is 14.5. The molecule has 1 aliphatic carbocycles. The molecule has 0 unspecified atom stereocenters. The van der Waals surface area contributed by atoms with Gasteiger partial charge in [0.25, 0.3) is 5.91 Å². The lowest BCUT2D eigenvalue weighted by Gasteiger charge is -2.34. The van der Waals surface area contributed by atoms with Crippen molar-refractivity contribution in [3.63, 3.8) is 0 Å². The van der Waals surface area contributed by atoms with Gasteiger partial charge in [0.2, 0.25) is 10.0 Å². The number of rotatable bonds is 3. The van der Waals surface area contributed by atoms with E-state index in [0.717, 1.165) is 49.1 Å². The van der Waals surface area contributed by atoms with Gasteiger partial charge in [-0.3, -0.25) is 4.79 Å². The molecule has 2 aromatic carbocycles. The van der Waals surface area contributed by atoms with Crippen LogP contribution in [0.15, 0.2) is 41.3 Å². The van der Waals surface area contributed by atoms with E-state index in [1.165, 1.54) is 18.1 Å². The highest BCUT2D eigenvalue weighted by Crippen LogP contribution is 2.49. The fourth-order valence-electron chi connectivity index (χ4n) is 5.08. The van der Waals surface area contributed by atoms with Crippen molar-refractivity contribution in [2.75, 3.05) is 11.4 Å². The van der Waals surface area contributed by atoms with Gasteiger partial charge in [0.15, 0.2) is 0 Å². The minimum atomic E-state index is -3.97. The Morgan fingerprint density at radius 2 is 1.75 bits per heavy atom. The number of anilines is 1. The maximum absolute atomic E-state index is 14.5. The smallest absolute Gasteiger partial charge is 0.258 e. The Morgan fingerprint density at radius 3 is 2.41 bits per heavy atom. The van der Waals surface area contributed by atoms with Gasteiger partial charge in [-0.2, -0.15) is 0 Å². The molecular weight excluding hydrogens is 427 g/mol. The first kappa shape index (κ1) is 22.9. The lowest BCUT2D eigenvalue weighted by molar-refractivity contribution is 0.0981. The van der Waals surface area contributed by atoms with E-state index >= 15 is 0 Å². The first-order chi connectivity index (χ1) is 14.9. The molecule has 0 radical (unpaired) electrons. The largest absolute Gasteiger partial charge is 0.307 e. The topological polar surface area (TPSA) is 66.5 Å². The molecule has 7 heteroatoms. The first-order valence-corrected chi connectivity index (χ1v) is 12.7. The zero-order valence-electron chi connectivity index (χ0n) is 19.2. The zero-order chi connectivity index (χ0) is 23.3. The summed E-state index contributed by atoms with van der Waals surface area (Å²) < 4.78 is 42.5. The predicted octanol–water partition coefficient (Wildman–Crippen LogP) is 5.07. The van der Waals surface area contributed by atoms with Gasteiger partial charge < -0.3 is 4.90 Å².